The molecule has 1 aromatic heterocycles. The Kier molecular flexibility index (Phi) is 3.71. The van der Waals surface area contributed by atoms with Gasteiger partial charge < -0.3 is 9.72 Å². The van der Waals surface area contributed by atoms with Crippen LogP contribution in [0.5, 0.6) is 0 Å². The zero-order valence-corrected chi connectivity index (χ0v) is 8.78. The van der Waals surface area contributed by atoms with Crippen molar-refractivity contribution >= 4 is 5.97 Å². The summed E-state index contributed by atoms with van der Waals surface area (Å²) in [7, 11) is 3.71. The van der Waals surface area contributed by atoms with Crippen LogP contribution in [0.3, 0.4) is 0 Å². The van der Waals surface area contributed by atoms with Gasteiger partial charge in [0.15, 0.2) is 0 Å². The second-order valence-electron chi connectivity index (χ2n) is 3.26. The molecular formula is C10H16N2O2. The number of aromatic amines is 1. The van der Waals surface area contributed by atoms with Crippen LogP contribution in [-0.4, -0.2) is 36.6 Å². The van der Waals surface area contributed by atoms with Gasteiger partial charge in [-0.25, -0.2) is 4.79 Å². The Morgan fingerprint density at radius 3 is 2.79 bits per heavy atom. The molecular weight excluding hydrogens is 180 g/mol. The molecule has 0 fully saturated rings. The number of ether oxygens (including phenoxy) is 1. The third kappa shape index (κ3) is 2.35. The van der Waals surface area contributed by atoms with E-state index in [1.54, 1.807) is 6.20 Å². The Balaban J connectivity index is 2.80. The second kappa shape index (κ2) is 4.81. The number of esters is 1. The molecule has 4 nitrogen and oxygen atoms in total. The lowest BCUT2D eigenvalue weighted by Crippen LogP contribution is -2.29. The third-order valence-corrected chi connectivity index (χ3v) is 1.96. The lowest BCUT2D eigenvalue weighted by atomic mass is 10.1. The van der Waals surface area contributed by atoms with Gasteiger partial charge in [-0.15, -0.1) is 0 Å². The summed E-state index contributed by atoms with van der Waals surface area (Å²) >= 11 is 0. The van der Waals surface area contributed by atoms with E-state index in [0.29, 0.717) is 6.61 Å². The van der Waals surface area contributed by atoms with Crippen LogP contribution in [0.15, 0.2) is 18.5 Å². The van der Waals surface area contributed by atoms with Gasteiger partial charge in [0.05, 0.1) is 6.61 Å². The van der Waals surface area contributed by atoms with Crippen LogP contribution in [0.25, 0.3) is 0 Å². The van der Waals surface area contributed by atoms with Crippen LogP contribution >= 0.6 is 0 Å². The maximum atomic E-state index is 11.6. The van der Waals surface area contributed by atoms with Gasteiger partial charge in [0, 0.05) is 12.4 Å². The molecule has 1 atom stereocenters. The number of H-pyrrole nitrogens is 1. The highest BCUT2D eigenvalue weighted by Crippen LogP contribution is 2.18. The highest BCUT2D eigenvalue weighted by atomic mass is 16.5. The van der Waals surface area contributed by atoms with Gasteiger partial charge in [-0.1, -0.05) is 0 Å². The topological polar surface area (TPSA) is 45.3 Å². The van der Waals surface area contributed by atoms with Crippen LogP contribution < -0.4 is 0 Å². The standard InChI is InChI=1S/C10H16N2O2/c1-4-14-10(13)9(12(2)3)8-5-6-11-7-8/h5-7,9,11H,4H2,1-3H3. The van der Waals surface area contributed by atoms with E-state index < -0.39 is 0 Å². The van der Waals surface area contributed by atoms with Crippen molar-refractivity contribution in [3.8, 4) is 0 Å². The SMILES string of the molecule is CCOC(=O)C(c1cc[nH]c1)N(C)C. The molecule has 0 saturated heterocycles. The zero-order valence-electron chi connectivity index (χ0n) is 8.78. The lowest BCUT2D eigenvalue weighted by molar-refractivity contribution is -0.148. The average molecular weight is 196 g/mol. The number of rotatable bonds is 4. The molecule has 0 aliphatic heterocycles. The molecule has 0 amide bonds. The Hall–Kier alpha value is -1.29. The molecule has 1 heterocycles. The predicted octanol–water partition coefficient (Wildman–Crippen LogP) is 1.18. The smallest absolute Gasteiger partial charge is 0.328 e. The lowest BCUT2D eigenvalue weighted by Gasteiger charge is -2.21. The minimum Gasteiger partial charge on any atom is -0.465 e. The highest BCUT2D eigenvalue weighted by molar-refractivity contribution is 5.77. The quantitative estimate of drug-likeness (QED) is 0.735. The molecule has 0 aliphatic rings. The van der Waals surface area contributed by atoms with Crippen molar-refractivity contribution in [2.45, 2.75) is 13.0 Å². The summed E-state index contributed by atoms with van der Waals surface area (Å²) in [6.07, 6.45) is 3.60. The van der Waals surface area contributed by atoms with Crippen LogP contribution in [0.2, 0.25) is 0 Å². The number of carbonyl (C=O) groups is 1. The van der Waals surface area contributed by atoms with E-state index in [4.69, 9.17) is 4.74 Å². The molecule has 1 N–H and O–H groups in total. The van der Waals surface area contributed by atoms with Crippen LogP contribution in [0, 0.1) is 0 Å². The van der Waals surface area contributed by atoms with Gasteiger partial charge in [-0.05, 0) is 32.6 Å². The number of aromatic nitrogens is 1. The maximum Gasteiger partial charge on any atom is 0.328 e. The second-order valence-corrected chi connectivity index (χ2v) is 3.26. The van der Waals surface area contributed by atoms with Crippen molar-refractivity contribution < 1.29 is 9.53 Å². The van der Waals surface area contributed by atoms with Gasteiger partial charge in [0.25, 0.3) is 0 Å². The Labute approximate surface area is 83.9 Å². The van der Waals surface area contributed by atoms with E-state index >= 15 is 0 Å². The number of hydrogen-bond donors (Lipinski definition) is 1. The summed E-state index contributed by atoms with van der Waals surface area (Å²) in [6, 6.07) is 1.56. The third-order valence-electron chi connectivity index (χ3n) is 1.96. The molecule has 0 bridgehead atoms. The molecule has 1 rings (SSSR count). The summed E-state index contributed by atoms with van der Waals surface area (Å²) in [5, 5.41) is 0. The monoisotopic (exact) mass is 196 g/mol. The highest BCUT2D eigenvalue weighted by Gasteiger charge is 2.24. The van der Waals surface area contributed by atoms with Gasteiger partial charge in [-0.3, -0.25) is 4.90 Å². The first-order valence-electron chi connectivity index (χ1n) is 4.62. The fourth-order valence-electron chi connectivity index (χ4n) is 1.37. The number of nitrogens with one attached hydrogen (secondary N) is 1. The largest absolute Gasteiger partial charge is 0.465 e. The van der Waals surface area contributed by atoms with Gasteiger partial charge in [0.1, 0.15) is 6.04 Å². The molecule has 0 spiro atoms. The molecule has 1 aromatic rings. The van der Waals surface area contributed by atoms with Gasteiger partial charge >= 0.3 is 5.97 Å². The molecule has 0 aliphatic carbocycles. The van der Waals surface area contributed by atoms with E-state index in [-0.39, 0.29) is 12.0 Å². The van der Waals surface area contributed by atoms with Crippen LogP contribution in [0.4, 0.5) is 0 Å². The van der Waals surface area contributed by atoms with Gasteiger partial charge in [-0.2, -0.15) is 0 Å². The van der Waals surface area contributed by atoms with Crippen LogP contribution in [0.1, 0.15) is 18.5 Å². The Morgan fingerprint density at radius 2 is 2.36 bits per heavy atom. The van der Waals surface area contributed by atoms with Crippen molar-refractivity contribution in [1.82, 2.24) is 9.88 Å². The van der Waals surface area contributed by atoms with E-state index in [1.807, 2.05) is 38.2 Å². The fraction of sp³-hybridized carbons (Fsp3) is 0.500. The van der Waals surface area contributed by atoms with Crippen molar-refractivity contribution in [2.24, 2.45) is 0 Å². The van der Waals surface area contributed by atoms with Crippen molar-refractivity contribution in [2.75, 3.05) is 20.7 Å². The van der Waals surface area contributed by atoms with Crippen LogP contribution in [-0.2, 0) is 9.53 Å². The number of hydrogen-bond acceptors (Lipinski definition) is 3. The summed E-state index contributed by atoms with van der Waals surface area (Å²) < 4.78 is 4.99. The normalized spacial score (nSPS) is 12.9. The summed E-state index contributed by atoms with van der Waals surface area (Å²) in [5.41, 5.74) is 0.924. The minimum atomic E-state index is -0.318. The van der Waals surface area contributed by atoms with Gasteiger partial charge in [0.2, 0.25) is 0 Å². The fourth-order valence-corrected chi connectivity index (χ4v) is 1.37. The zero-order chi connectivity index (χ0) is 10.6. The van der Waals surface area contributed by atoms with Crippen molar-refractivity contribution in [3.05, 3.63) is 24.0 Å². The molecule has 0 saturated carbocycles. The average Bonchev–Trinajstić information content (AvgIpc) is 2.57. The number of likely N-dealkylation sites (N-methyl/N-ethyl adjacent to an activating group) is 1. The summed E-state index contributed by atoms with van der Waals surface area (Å²) in [6.45, 7) is 2.22. The first-order valence-corrected chi connectivity index (χ1v) is 4.62. The Bertz CT molecular complexity index is 280. The molecule has 78 valence electrons. The van der Waals surface area contributed by atoms with E-state index in [2.05, 4.69) is 4.98 Å². The Morgan fingerprint density at radius 1 is 1.64 bits per heavy atom. The molecule has 0 aromatic carbocycles. The maximum absolute atomic E-state index is 11.6. The first-order chi connectivity index (χ1) is 6.66. The number of carbonyl (C=O) groups excluding carboxylic acids is 1. The van der Waals surface area contributed by atoms with Crippen molar-refractivity contribution in [3.63, 3.8) is 0 Å². The van der Waals surface area contributed by atoms with E-state index in [1.165, 1.54) is 0 Å². The first kappa shape index (κ1) is 10.8. The molecule has 0 radical (unpaired) electrons. The molecule has 1 unspecified atom stereocenters. The minimum absolute atomic E-state index is 0.211. The van der Waals surface area contributed by atoms with E-state index in [9.17, 15) is 4.79 Å². The van der Waals surface area contributed by atoms with E-state index in [0.717, 1.165) is 5.56 Å². The predicted molar refractivity (Wildman–Crippen MR) is 53.9 cm³/mol. The summed E-state index contributed by atoms with van der Waals surface area (Å²) in [5.74, 6) is -0.211. The molecule has 14 heavy (non-hydrogen) atoms. The molecule has 4 heteroatoms. The van der Waals surface area contributed by atoms with Crippen molar-refractivity contribution in [1.29, 1.82) is 0 Å². The summed E-state index contributed by atoms with van der Waals surface area (Å²) in [4.78, 5) is 16.4. The number of nitrogens with zero attached hydrogens (tertiary/aromatic N) is 1.